The van der Waals surface area contributed by atoms with Crippen LogP contribution >= 0.6 is 0 Å². The van der Waals surface area contributed by atoms with Crippen LogP contribution in [0.1, 0.15) is 22.8 Å². The highest BCUT2D eigenvalue weighted by Crippen LogP contribution is 2.25. The van der Waals surface area contributed by atoms with Gasteiger partial charge in [0.1, 0.15) is 0 Å². The number of aromatic amines is 1. The number of anilines is 1. The highest BCUT2D eigenvalue weighted by molar-refractivity contribution is 6.07. The number of hydrogen-bond donors (Lipinski definition) is 2. The van der Waals surface area contributed by atoms with E-state index in [9.17, 15) is 9.59 Å². The molecule has 1 fully saturated rings. The molecule has 2 aromatic carbocycles. The number of carbonyl (C=O) groups is 2. The molecule has 132 valence electrons. The summed E-state index contributed by atoms with van der Waals surface area (Å²) in [5, 5.41) is 3.92. The fourth-order valence-corrected chi connectivity index (χ4v) is 3.41. The molecule has 1 saturated heterocycles. The normalized spacial score (nSPS) is 14.3. The Labute approximate surface area is 152 Å². The molecule has 0 bridgehead atoms. The van der Waals surface area contributed by atoms with Crippen molar-refractivity contribution in [3.05, 3.63) is 65.9 Å². The standard InChI is InChI=1S/C21H21N3O2/c1-2-14-7-3-5-9-18(14)23-20(25)15-12-24(13-15)21(26)17-11-22-19-10-6-4-8-16(17)19/h3-11,15,22H,2,12-13H2,1H3,(H,23,25). The third-order valence-corrected chi connectivity index (χ3v) is 5.02. The summed E-state index contributed by atoms with van der Waals surface area (Å²) in [6, 6.07) is 15.6. The van der Waals surface area contributed by atoms with Gasteiger partial charge in [-0.3, -0.25) is 9.59 Å². The Morgan fingerprint density at radius 3 is 2.65 bits per heavy atom. The van der Waals surface area contributed by atoms with E-state index in [1.165, 1.54) is 0 Å². The highest BCUT2D eigenvalue weighted by atomic mass is 16.2. The molecule has 2 amide bonds. The van der Waals surface area contributed by atoms with E-state index in [0.29, 0.717) is 18.7 Å². The van der Waals surface area contributed by atoms with Crippen molar-refractivity contribution in [2.45, 2.75) is 13.3 Å². The van der Waals surface area contributed by atoms with E-state index >= 15 is 0 Å². The third kappa shape index (κ3) is 2.86. The molecule has 5 heteroatoms. The Kier molecular flexibility index (Phi) is 4.21. The van der Waals surface area contributed by atoms with Gasteiger partial charge in [0, 0.05) is 35.9 Å². The summed E-state index contributed by atoms with van der Waals surface area (Å²) in [5.74, 6) is -0.205. The molecule has 5 nitrogen and oxygen atoms in total. The summed E-state index contributed by atoms with van der Waals surface area (Å²) in [6.45, 7) is 2.98. The monoisotopic (exact) mass is 347 g/mol. The van der Waals surface area contributed by atoms with Crippen molar-refractivity contribution in [2.24, 2.45) is 5.92 Å². The number of aryl methyl sites for hydroxylation is 1. The number of carbonyl (C=O) groups excluding carboxylic acids is 2. The Balaban J connectivity index is 1.40. The van der Waals surface area contributed by atoms with E-state index < -0.39 is 0 Å². The third-order valence-electron chi connectivity index (χ3n) is 5.02. The first-order chi connectivity index (χ1) is 12.7. The second-order valence-electron chi connectivity index (χ2n) is 6.65. The number of fused-ring (bicyclic) bond motifs is 1. The van der Waals surface area contributed by atoms with Crippen LogP contribution in [0.2, 0.25) is 0 Å². The number of benzene rings is 2. The molecule has 0 unspecified atom stereocenters. The number of amides is 2. The number of rotatable bonds is 4. The second-order valence-corrected chi connectivity index (χ2v) is 6.65. The van der Waals surface area contributed by atoms with Crippen molar-refractivity contribution >= 4 is 28.4 Å². The number of nitrogens with one attached hydrogen (secondary N) is 2. The molecule has 1 aliphatic rings. The number of para-hydroxylation sites is 2. The number of aromatic nitrogens is 1. The van der Waals surface area contributed by atoms with Crippen LogP contribution in [0.4, 0.5) is 5.69 Å². The molecule has 26 heavy (non-hydrogen) atoms. The Hall–Kier alpha value is -3.08. The van der Waals surface area contributed by atoms with Crippen LogP contribution in [0, 0.1) is 5.92 Å². The zero-order valence-electron chi connectivity index (χ0n) is 14.7. The van der Waals surface area contributed by atoms with E-state index in [1.807, 2.05) is 48.5 Å². The van der Waals surface area contributed by atoms with Gasteiger partial charge in [-0.25, -0.2) is 0 Å². The zero-order valence-corrected chi connectivity index (χ0v) is 14.7. The minimum atomic E-state index is -0.158. The van der Waals surface area contributed by atoms with Gasteiger partial charge in [-0.05, 0) is 24.1 Å². The van der Waals surface area contributed by atoms with Crippen molar-refractivity contribution in [3.8, 4) is 0 Å². The van der Waals surface area contributed by atoms with Crippen LogP contribution in [0.15, 0.2) is 54.7 Å². The van der Waals surface area contributed by atoms with E-state index in [1.54, 1.807) is 11.1 Å². The Bertz CT molecular complexity index is 970. The lowest BCUT2D eigenvalue weighted by atomic mass is 9.97. The first kappa shape index (κ1) is 16.4. The van der Waals surface area contributed by atoms with Crippen LogP contribution in [0.5, 0.6) is 0 Å². The van der Waals surface area contributed by atoms with Gasteiger partial charge in [0.25, 0.3) is 5.91 Å². The first-order valence-electron chi connectivity index (χ1n) is 8.91. The number of nitrogens with zero attached hydrogens (tertiary/aromatic N) is 1. The van der Waals surface area contributed by atoms with Crippen LogP contribution < -0.4 is 5.32 Å². The highest BCUT2D eigenvalue weighted by Gasteiger charge is 2.36. The maximum absolute atomic E-state index is 12.7. The second kappa shape index (κ2) is 6.67. The molecule has 0 atom stereocenters. The lowest BCUT2D eigenvalue weighted by Crippen LogP contribution is -2.54. The van der Waals surface area contributed by atoms with Crippen LogP contribution in [0.3, 0.4) is 0 Å². The van der Waals surface area contributed by atoms with Gasteiger partial charge in [-0.1, -0.05) is 43.3 Å². The molecule has 0 aliphatic carbocycles. The molecule has 2 heterocycles. The van der Waals surface area contributed by atoms with Crippen LogP contribution in [-0.4, -0.2) is 34.8 Å². The van der Waals surface area contributed by atoms with Crippen LogP contribution in [-0.2, 0) is 11.2 Å². The average molecular weight is 347 g/mol. The van der Waals surface area contributed by atoms with Crippen LogP contribution in [0.25, 0.3) is 10.9 Å². The van der Waals surface area contributed by atoms with Gasteiger partial charge in [0.15, 0.2) is 0 Å². The summed E-state index contributed by atoms with van der Waals surface area (Å²) in [6.07, 6.45) is 2.62. The number of likely N-dealkylation sites (tertiary alicyclic amines) is 1. The number of hydrogen-bond acceptors (Lipinski definition) is 2. The predicted octanol–water partition coefficient (Wildman–Crippen LogP) is 3.44. The largest absolute Gasteiger partial charge is 0.360 e. The lowest BCUT2D eigenvalue weighted by molar-refractivity contribution is -0.123. The van der Waals surface area contributed by atoms with Crippen molar-refractivity contribution in [1.82, 2.24) is 9.88 Å². The van der Waals surface area contributed by atoms with Gasteiger partial charge >= 0.3 is 0 Å². The Morgan fingerprint density at radius 1 is 1.12 bits per heavy atom. The summed E-state index contributed by atoms with van der Waals surface area (Å²) >= 11 is 0. The first-order valence-corrected chi connectivity index (χ1v) is 8.91. The van der Waals surface area contributed by atoms with Crippen molar-refractivity contribution in [3.63, 3.8) is 0 Å². The van der Waals surface area contributed by atoms with E-state index in [-0.39, 0.29) is 17.7 Å². The maximum atomic E-state index is 12.7. The lowest BCUT2D eigenvalue weighted by Gasteiger charge is -2.38. The van der Waals surface area contributed by atoms with Crippen molar-refractivity contribution in [2.75, 3.05) is 18.4 Å². The molecule has 0 radical (unpaired) electrons. The van der Waals surface area contributed by atoms with E-state index in [0.717, 1.165) is 28.6 Å². The summed E-state index contributed by atoms with van der Waals surface area (Å²) < 4.78 is 0. The minimum absolute atomic E-state index is 0.0196. The molecular formula is C21H21N3O2. The smallest absolute Gasteiger partial charge is 0.256 e. The minimum Gasteiger partial charge on any atom is -0.360 e. The molecule has 2 N–H and O–H groups in total. The molecular weight excluding hydrogens is 326 g/mol. The summed E-state index contributed by atoms with van der Waals surface area (Å²) in [7, 11) is 0. The van der Waals surface area contributed by atoms with E-state index in [4.69, 9.17) is 0 Å². The number of H-pyrrole nitrogens is 1. The quantitative estimate of drug-likeness (QED) is 0.759. The molecule has 1 aliphatic heterocycles. The summed E-state index contributed by atoms with van der Waals surface area (Å²) in [4.78, 5) is 30.0. The van der Waals surface area contributed by atoms with Gasteiger partial charge in [-0.15, -0.1) is 0 Å². The molecule has 3 aromatic rings. The van der Waals surface area contributed by atoms with Gasteiger partial charge < -0.3 is 15.2 Å². The topological polar surface area (TPSA) is 65.2 Å². The van der Waals surface area contributed by atoms with Crippen molar-refractivity contribution < 1.29 is 9.59 Å². The van der Waals surface area contributed by atoms with Gasteiger partial charge in [-0.2, -0.15) is 0 Å². The van der Waals surface area contributed by atoms with Crippen molar-refractivity contribution in [1.29, 1.82) is 0 Å². The molecule has 0 spiro atoms. The molecule has 4 rings (SSSR count). The zero-order chi connectivity index (χ0) is 18.1. The fraction of sp³-hybridized carbons (Fsp3) is 0.238. The predicted molar refractivity (Wildman–Crippen MR) is 102 cm³/mol. The summed E-state index contributed by atoms with van der Waals surface area (Å²) in [5.41, 5.74) is 3.59. The SMILES string of the molecule is CCc1ccccc1NC(=O)C1CN(C(=O)c2c[nH]c3ccccc23)C1. The molecule has 0 saturated carbocycles. The average Bonchev–Trinajstić information content (AvgIpc) is 3.05. The maximum Gasteiger partial charge on any atom is 0.256 e. The fourth-order valence-electron chi connectivity index (χ4n) is 3.41. The van der Waals surface area contributed by atoms with Gasteiger partial charge in [0.2, 0.25) is 5.91 Å². The Morgan fingerprint density at radius 2 is 1.85 bits per heavy atom. The molecule has 1 aromatic heterocycles. The van der Waals surface area contributed by atoms with E-state index in [2.05, 4.69) is 17.2 Å². The van der Waals surface area contributed by atoms with Gasteiger partial charge in [0.05, 0.1) is 11.5 Å².